The monoisotopic (exact) mass is 220 g/mol. The van der Waals surface area contributed by atoms with Crippen LogP contribution in [0, 0.1) is 16.7 Å². The van der Waals surface area contributed by atoms with Crippen LogP contribution in [0.4, 0.5) is 0 Å². The first-order valence-electron chi connectivity index (χ1n) is 5.87. The number of hydrogen-bond acceptors (Lipinski definition) is 3. The predicted molar refractivity (Wildman–Crippen MR) is 57.1 cm³/mol. The molecule has 2 amide bonds. The maximum Gasteiger partial charge on any atom is 0.230 e. The van der Waals surface area contributed by atoms with Gasteiger partial charge in [-0.1, -0.05) is 19.3 Å². The van der Waals surface area contributed by atoms with Gasteiger partial charge in [0.1, 0.15) is 6.54 Å². The number of rotatable bonds is 1. The van der Waals surface area contributed by atoms with Crippen molar-refractivity contribution in [1.29, 1.82) is 5.26 Å². The molecular weight excluding hydrogens is 204 g/mol. The van der Waals surface area contributed by atoms with Crippen LogP contribution in [-0.2, 0) is 9.59 Å². The van der Waals surface area contributed by atoms with Gasteiger partial charge in [-0.05, 0) is 18.3 Å². The summed E-state index contributed by atoms with van der Waals surface area (Å²) in [6.07, 6.45) is 6.36. The maximum absolute atomic E-state index is 11.8. The van der Waals surface area contributed by atoms with Gasteiger partial charge in [0.25, 0.3) is 0 Å². The molecule has 16 heavy (non-hydrogen) atoms. The van der Waals surface area contributed by atoms with Crippen molar-refractivity contribution in [2.24, 2.45) is 5.41 Å². The topological polar surface area (TPSA) is 61.2 Å². The van der Waals surface area contributed by atoms with E-state index in [0.29, 0.717) is 12.8 Å². The second-order valence-corrected chi connectivity index (χ2v) is 4.95. The molecule has 0 unspecified atom stereocenters. The van der Waals surface area contributed by atoms with Crippen molar-refractivity contribution in [2.45, 2.75) is 44.9 Å². The summed E-state index contributed by atoms with van der Waals surface area (Å²) in [5, 5.41) is 8.56. The number of piperidine rings is 1. The molecule has 2 aliphatic rings. The zero-order valence-corrected chi connectivity index (χ0v) is 9.37. The van der Waals surface area contributed by atoms with Gasteiger partial charge in [-0.2, -0.15) is 5.26 Å². The van der Waals surface area contributed by atoms with Crippen LogP contribution in [0.5, 0.6) is 0 Å². The maximum atomic E-state index is 11.8. The lowest BCUT2D eigenvalue weighted by Gasteiger charge is -2.41. The minimum atomic E-state index is -0.153. The molecule has 0 N–H and O–H groups in total. The summed E-state index contributed by atoms with van der Waals surface area (Å²) in [6.45, 7) is -0.0895. The van der Waals surface area contributed by atoms with Crippen LogP contribution >= 0.6 is 0 Å². The van der Waals surface area contributed by atoms with Crippen LogP contribution in [0.15, 0.2) is 0 Å². The zero-order chi connectivity index (χ0) is 11.6. The molecule has 1 aliphatic heterocycles. The fraction of sp³-hybridized carbons (Fsp3) is 0.750. The van der Waals surface area contributed by atoms with Gasteiger partial charge in [0.2, 0.25) is 11.8 Å². The summed E-state index contributed by atoms with van der Waals surface area (Å²) in [5.74, 6) is -0.306. The number of carbonyl (C=O) groups is 2. The summed E-state index contributed by atoms with van der Waals surface area (Å²) in [5.41, 5.74) is -0.0711. The molecule has 0 aromatic carbocycles. The van der Waals surface area contributed by atoms with Gasteiger partial charge in [0, 0.05) is 12.8 Å². The Kier molecular flexibility index (Phi) is 2.95. The molecule has 1 aliphatic carbocycles. The second kappa shape index (κ2) is 4.25. The Morgan fingerprint density at radius 2 is 1.69 bits per heavy atom. The van der Waals surface area contributed by atoms with E-state index in [1.807, 2.05) is 6.07 Å². The Labute approximate surface area is 95.2 Å². The Hall–Kier alpha value is -1.37. The second-order valence-electron chi connectivity index (χ2n) is 4.95. The summed E-state index contributed by atoms with van der Waals surface area (Å²) < 4.78 is 0. The number of likely N-dealkylation sites (tertiary alicyclic amines) is 1. The van der Waals surface area contributed by atoms with Crippen molar-refractivity contribution in [1.82, 2.24) is 4.90 Å². The van der Waals surface area contributed by atoms with Crippen molar-refractivity contribution in [3.63, 3.8) is 0 Å². The molecule has 0 radical (unpaired) electrons. The lowest BCUT2D eigenvalue weighted by atomic mass is 9.67. The summed E-state index contributed by atoms with van der Waals surface area (Å²) in [7, 11) is 0. The van der Waals surface area contributed by atoms with Crippen LogP contribution in [0.2, 0.25) is 0 Å². The first-order chi connectivity index (χ1) is 7.67. The first kappa shape index (κ1) is 11.1. The lowest BCUT2D eigenvalue weighted by Crippen LogP contribution is -2.48. The number of carbonyl (C=O) groups excluding carboxylic acids is 2. The molecule has 1 heterocycles. The SMILES string of the molecule is N#CCN1C(=O)CC2(CCCCC2)CC1=O. The van der Waals surface area contributed by atoms with Gasteiger partial charge in [-0.3, -0.25) is 14.5 Å². The van der Waals surface area contributed by atoms with Crippen molar-refractivity contribution < 1.29 is 9.59 Å². The van der Waals surface area contributed by atoms with Gasteiger partial charge < -0.3 is 0 Å². The zero-order valence-electron chi connectivity index (χ0n) is 9.37. The fourth-order valence-corrected chi connectivity index (χ4v) is 2.94. The van der Waals surface area contributed by atoms with Gasteiger partial charge in [0.05, 0.1) is 6.07 Å². The molecule has 1 saturated heterocycles. The van der Waals surface area contributed by atoms with Crippen LogP contribution < -0.4 is 0 Å². The van der Waals surface area contributed by atoms with E-state index in [2.05, 4.69) is 0 Å². The quantitative estimate of drug-likeness (QED) is 0.498. The van der Waals surface area contributed by atoms with Crippen LogP contribution in [0.25, 0.3) is 0 Å². The highest BCUT2D eigenvalue weighted by atomic mass is 16.2. The molecule has 0 bridgehead atoms. The van der Waals surface area contributed by atoms with E-state index < -0.39 is 0 Å². The molecule has 0 aromatic rings. The minimum Gasteiger partial charge on any atom is -0.274 e. The van der Waals surface area contributed by atoms with Gasteiger partial charge in [0.15, 0.2) is 0 Å². The van der Waals surface area contributed by atoms with E-state index >= 15 is 0 Å². The van der Waals surface area contributed by atoms with E-state index in [9.17, 15) is 9.59 Å². The normalized spacial score (nSPS) is 24.6. The van der Waals surface area contributed by atoms with Gasteiger partial charge in [-0.25, -0.2) is 0 Å². The van der Waals surface area contributed by atoms with E-state index in [-0.39, 0.29) is 23.8 Å². The van der Waals surface area contributed by atoms with Crippen molar-refractivity contribution in [2.75, 3.05) is 6.54 Å². The molecule has 4 nitrogen and oxygen atoms in total. The Morgan fingerprint density at radius 1 is 1.12 bits per heavy atom. The third-order valence-electron chi connectivity index (χ3n) is 3.80. The summed E-state index contributed by atoms with van der Waals surface area (Å²) in [4.78, 5) is 24.8. The third-order valence-corrected chi connectivity index (χ3v) is 3.80. The van der Waals surface area contributed by atoms with E-state index in [1.54, 1.807) is 0 Å². The van der Waals surface area contributed by atoms with Crippen molar-refractivity contribution >= 4 is 11.8 Å². The average Bonchev–Trinajstić information content (AvgIpc) is 2.24. The molecular formula is C12H16N2O2. The molecule has 1 spiro atoms. The number of imide groups is 1. The Morgan fingerprint density at radius 3 is 2.19 bits per heavy atom. The van der Waals surface area contributed by atoms with Gasteiger partial charge in [-0.15, -0.1) is 0 Å². The molecule has 2 rings (SSSR count). The third kappa shape index (κ3) is 1.95. The Bertz CT molecular complexity index is 331. The van der Waals surface area contributed by atoms with Crippen LogP contribution in [0.1, 0.15) is 44.9 Å². The summed E-state index contributed by atoms with van der Waals surface area (Å²) >= 11 is 0. The van der Waals surface area contributed by atoms with E-state index in [1.165, 1.54) is 6.42 Å². The standard InChI is InChI=1S/C12H16N2O2/c13-6-7-14-10(15)8-12(9-11(14)16)4-2-1-3-5-12/h1-5,7-9H2. The molecule has 86 valence electrons. The number of nitriles is 1. The van der Waals surface area contributed by atoms with Crippen LogP contribution in [-0.4, -0.2) is 23.3 Å². The molecule has 4 heteroatoms. The highest BCUT2D eigenvalue weighted by molar-refractivity contribution is 5.98. The lowest BCUT2D eigenvalue weighted by molar-refractivity contribution is -0.153. The average molecular weight is 220 g/mol. The first-order valence-corrected chi connectivity index (χ1v) is 5.87. The molecule has 0 aromatic heterocycles. The van der Waals surface area contributed by atoms with Gasteiger partial charge >= 0.3 is 0 Å². The van der Waals surface area contributed by atoms with E-state index in [0.717, 1.165) is 30.6 Å². The number of amides is 2. The smallest absolute Gasteiger partial charge is 0.230 e. The highest BCUT2D eigenvalue weighted by Gasteiger charge is 2.43. The number of hydrogen-bond donors (Lipinski definition) is 0. The Balaban J connectivity index is 2.11. The van der Waals surface area contributed by atoms with Crippen molar-refractivity contribution in [3.05, 3.63) is 0 Å². The molecule has 2 fully saturated rings. The minimum absolute atomic E-state index is 0.0711. The highest BCUT2D eigenvalue weighted by Crippen LogP contribution is 2.45. The predicted octanol–water partition coefficient (Wildman–Crippen LogP) is 1.61. The van der Waals surface area contributed by atoms with E-state index in [4.69, 9.17) is 5.26 Å². The number of nitrogens with zero attached hydrogens (tertiary/aromatic N) is 2. The molecule has 1 saturated carbocycles. The largest absolute Gasteiger partial charge is 0.274 e. The fourth-order valence-electron chi connectivity index (χ4n) is 2.94. The summed E-state index contributed by atoms with van der Waals surface area (Å²) in [6, 6.07) is 1.87. The molecule has 0 atom stereocenters. The van der Waals surface area contributed by atoms with Crippen molar-refractivity contribution in [3.8, 4) is 6.07 Å². The van der Waals surface area contributed by atoms with Crippen LogP contribution in [0.3, 0.4) is 0 Å².